The van der Waals surface area contributed by atoms with Crippen LogP contribution in [-0.2, 0) is 9.53 Å². The van der Waals surface area contributed by atoms with E-state index in [4.69, 9.17) is 0 Å². The Bertz CT molecular complexity index is 170. The molecule has 76 valence electrons. The van der Waals surface area contributed by atoms with Gasteiger partial charge in [0, 0.05) is 4.92 Å². The summed E-state index contributed by atoms with van der Waals surface area (Å²) < 4.78 is 4.51. The standard InChI is InChI=1S/C8H15NO4/c1-7(2)3-8(4-9(11)12)5-13-6-10/h6-8H,3-5H2,1-2H3/t8-/m1/s1. The van der Waals surface area contributed by atoms with E-state index in [0.717, 1.165) is 0 Å². The third kappa shape index (κ3) is 7.24. The predicted molar refractivity (Wildman–Crippen MR) is 46.8 cm³/mol. The molecule has 13 heavy (non-hydrogen) atoms. The molecule has 0 saturated carbocycles. The second kappa shape index (κ2) is 6.39. The summed E-state index contributed by atoms with van der Waals surface area (Å²) in [4.78, 5) is 19.7. The van der Waals surface area contributed by atoms with Gasteiger partial charge >= 0.3 is 0 Å². The first kappa shape index (κ1) is 11.9. The molecule has 0 aliphatic heterocycles. The molecule has 0 saturated heterocycles. The highest BCUT2D eigenvalue weighted by Gasteiger charge is 2.17. The van der Waals surface area contributed by atoms with Gasteiger partial charge in [-0.1, -0.05) is 13.8 Å². The van der Waals surface area contributed by atoms with E-state index in [1.54, 1.807) is 0 Å². The summed E-state index contributed by atoms with van der Waals surface area (Å²) in [6, 6.07) is 0. The minimum Gasteiger partial charge on any atom is -0.467 e. The molecule has 0 aromatic heterocycles. The summed E-state index contributed by atoms with van der Waals surface area (Å²) in [6.45, 7) is 4.30. The molecule has 0 spiro atoms. The molecule has 5 heteroatoms. The van der Waals surface area contributed by atoms with Gasteiger partial charge in [-0.15, -0.1) is 0 Å². The summed E-state index contributed by atoms with van der Waals surface area (Å²) in [5.41, 5.74) is 0. The first-order valence-corrected chi connectivity index (χ1v) is 4.23. The Morgan fingerprint density at radius 3 is 2.54 bits per heavy atom. The number of nitro groups is 1. The van der Waals surface area contributed by atoms with Crippen molar-refractivity contribution in [3.8, 4) is 0 Å². The smallest absolute Gasteiger partial charge is 0.293 e. The van der Waals surface area contributed by atoms with E-state index in [2.05, 4.69) is 4.74 Å². The van der Waals surface area contributed by atoms with E-state index >= 15 is 0 Å². The first-order valence-electron chi connectivity index (χ1n) is 4.23. The van der Waals surface area contributed by atoms with E-state index in [9.17, 15) is 14.9 Å². The van der Waals surface area contributed by atoms with E-state index in [1.165, 1.54) is 0 Å². The molecule has 0 aromatic carbocycles. The number of nitrogens with zero attached hydrogens (tertiary/aromatic N) is 1. The van der Waals surface area contributed by atoms with Crippen molar-refractivity contribution < 1.29 is 14.5 Å². The van der Waals surface area contributed by atoms with Gasteiger partial charge in [-0.2, -0.15) is 0 Å². The molecule has 1 atom stereocenters. The number of hydrogen-bond donors (Lipinski definition) is 0. The normalized spacial score (nSPS) is 12.5. The average molecular weight is 189 g/mol. The van der Waals surface area contributed by atoms with E-state index in [-0.39, 0.29) is 24.0 Å². The Hall–Kier alpha value is -1.13. The van der Waals surface area contributed by atoms with Crippen molar-refractivity contribution in [1.29, 1.82) is 0 Å². The minimum absolute atomic E-state index is 0.133. The van der Waals surface area contributed by atoms with Crippen LogP contribution in [0.25, 0.3) is 0 Å². The Labute approximate surface area is 77.2 Å². The fraction of sp³-hybridized carbons (Fsp3) is 0.875. The van der Waals surface area contributed by atoms with Crippen LogP contribution >= 0.6 is 0 Å². The molecular formula is C8H15NO4. The third-order valence-electron chi connectivity index (χ3n) is 1.61. The largest absolute Gasteiger partial charge is 0.467 e. The maximum absolute atomic E-state index is 10.2. The molecule has 0 unspecified atom stereocenters. The maximum atomic E-state index is 10.2. The molecule has 0 amide bonds. The highest BCUT2D eigenvalue weighted by molar-refractivity contribution is 5.36. The lowest BCUT2D eigenvalue weighted by atomic mass is 9.98. The van der Waals surface area contributed by atoms with Gasteiger partial charge in [0.2, 0.25) is 6.54 Å². The molecule has 0 rings (SSSR count). The summed E-state index contributed by atoms with van der Waals surface area (Å²) in [7, 11) is 0. The van der Waals surface area contributed by atoms with E-state index in [0.29, 0.717) is 18.8 Å². The van der Waals surface area contributed by atoms with Gasteiger partial charge in [-0.25, -0.2) is 0 Å². The van der Waals surface area contributed by atoms with Crippen LogP contribution in [0.4, 0.5) is 0 Å². The molecule has 0 bridgehead atoms. The van der Waals surface area contributed by atoms with Gasteiger partial charge in [0.25, 0.3) is 6.47 Å². The van der Waals surface area contributed by atoms with Crippen LogP contribution in [0.5, 0.6) is 0 Å². The molecule has 0 heterocycles. The highest BCUT2D eigenvalue weighted by Crippen LogP contribution is 2.11. The van der Waals surface area contributed by atoms with Crippen LogP contribution in [0.3, 0.4) is 0 Å². The van der Waals surface area contributed by atoms with Gasteiger partial charge < -0.3 is 4.74 Å². The van der Waals surface area contributed by atoms with Crippen molar-refractivity contribution in [2.75, 3.05) is 13.2 Å². The number of hydrogen-bond acceptors (Lipinski definition) is 4. The quantitative estimate of drug-likeness (QED) is 0.341. The lowest BCUT2D eigenvalue weighted by molar-refractivity contribution is -0.489. The molecule has 0 radical (unpaired) electrons. The first-order chi connectivity index (χ1) is 6.06. The fourth-order valence-electron chi connectivity index (χ4n) is 1.25. The minimum atomic E-state index is -0.374. The van der Waals surface area contributed by atoms with Gasteiger partial charge in [-0.05, 0) is 12.3 Å². The molecular weight excluding hydrogens is 174 g/mol. The Kier molecular flexibility index (Phi) is 5.84. The van der Waals surface area contributed by atoms with Crippen molar-refractivity contribution in [1.82, 2.24) is 0 Å². The van der Waals surface area contributed by atoms with Crippen LogP contribution in [0.2, 0.25) is 0 Å². The van der Waals surface area contributed by atoms with Gasteiger partial charge in [0.15, 0.2) is 0 Å². The molecule has 0 aliphatic rings. The number of rotatable bonds is 7. The van der Waals surface area contributed by atoms with Crippen LogP contribution in [0.1, 0.15) is 20.3 Å². The van der Waals surface area contributed by atoms with Crippen molar-refractivity contribution in [3.05, 3.63) is 10.1 Å². The third-order valence-corrected chi connectivity index (χ3v) is 1.61. The fourth-order valence-corrected chi connectivity index (χ4v) is 1.25. The van der Waals surface area contributed by atoms with Crippen molar-refractivity contribution in [2.24, 2.45) is 11.8 Å². The zero-order valence-electron chi connectivity index (χ0n) is 7.93. The van der Waals surface area contributed by atoms with E-state index in [1.807, 2.05) is 13.8 Å². The monoisotopic (exact) mass is 189 g/mol. The van der Waals surface area contributed by atoms with Crippen molar-refractivity contribution in [3.63, 3.8) is 0 Å². The van der Waals surface area contributed by atoms with Crippen LogP contribution in [0.15, 0.2) is 0 Å². The Morgan fingerprint density at radius 2 is 2.15 bits per heavy atom. The zero-order chi connectivity index (χ0) is 10.3. The van der Waals surface area contributed by atoms with Gasteiger partial charge in [-0.3, -0.25) is 14.9 Å². The SMILES string of the molecule is CC(C)C[C@@H](COC=O)C[N+](=O)[O-]. The summed E-state index contributed by atoms with van der Waals surface area (Å²) >= 11 is 0. The number of ether oxygens (including phenoxy) is 1. The number of carbonyl (C=O) groups excluding carboxylic acids is 1. The zero-order valence-corrected chi connectivity index (χ0v) is 7.93. The van der Waals surface area contributed by atoms with E-state index < -0.39 is 0 Å². The summed E-state index contributed by atoms with van der Waals surface area (Å²) in [6.07, 6.45) is 0.703. The summed E-state index contributed by atoms with van der Waals surface area (Å²) in [5, 5.41) is 10.2. The maximum Gasteiger partial charge on any atom is 0.293 e. The van der Waals surface area contributed by atoms with Gasteiger partial charge in [0.05, 0.1) is 5.92 Å². The van der Waals surface area contributed by atoms with Crippen molar-refractivity contribution in [2.45, 2.75) is 20.3 Å². The van der Waals surface area contributed by atoms with Crippen LogP contribution < -0.4 is 0 Å². The van der Waals surface area contributed by atoms with Crippen LogP contribution in [-0.4, -0.2) is 24.5 Å². The lowest BCUT2D eigenvalue weighted by Gasteiger charge is -2.13. The highest BCUT2D eigenvalue weighted by atomic mass is 16.6. The molecule has 5 nitrogen and oxygen atoms in total. The summed E-state index contributed by atoms with van der Waals surface area (Å²) in [5.74, 6) is 0.209. The predicted octanol–water partition coefficient (Wildman–Crippen LogP) is 1.10. The molecule has 0 fully saturated rings. The Balaban J connectivity index is 3.86. The second-order valence-corrected chi connectivity index (χ2v) is 3.44. The second-order valence-electron chi connectivity index (χ2n) is 3.44. The molecule has 0 aromatic rings. The van der Waals surface area contributed by atoms with Gasteiger partial charge in [0.1, 0.15) is 6.61 Å². The van der Waals surface area contributed by atoms with Crippen molar-refractivity contribution >= 4 is 6.47 Å². The lowest BCUT2D eigenvalue weighted by Crippen LogP contribution is -2.21. The molecule has 0 aliphatic carbocycles. The number of carbonyl (C=O) groups is 1. The van der Waals surface area contributed by atoms with Crippen LogP contribution in [0, 0.1) is 22.0 Å². The topological polar surface area (TPSA) is 69.4 Å². The average Bonchev–Trinajstić information content (AvgIpc) is 1.98. The Morgan fingerprint density at radius 1 is 1.54 bits per heavy atom. The molecule has 0 N–H and O–H groups in total.